The van der Waals surface area contributed by atoms with Crippen molar-refractivity contribution in [3.8, 4) is 0 Å². The fourth-order valence-corrected chi connectivity index (χ4v) is 2.74. The highest BCUT2D eigenvalue weighted by Crippen LogP contribution is 2.44. The van der Waals surface area contributed by atoms with Crippen LogP contribution in [0.15, 0.2) is 36.9 Å². The van der Waals surface area contributed by atoms with E-state index in [0.29, 0.717) is 6.61 Å². The quantitative estimate of drug-likeness (QED) is 0.814. The van der Waals surface area contributed by atoms with E-state index in [0.717, 1.165) is 24.8 Å². The highest BCUT2D eigenvalue weighted by Gasteiger charge is 2.33. The highest BCUT2D eigenvalue weighted by molar-refractivity contribution is 5.63. The number of hydrogen-bond acceptors (Lipinski definition) is 1. The van der Waals surface area contributed by atoms with Gasteiger partial charge in [-0.05, 0) is 35.8 Å². The van der Waals surface area contributed by atoms with Crippen molar-refractivity contribution in [3.63, 3.8) is 0 Å². The van der Waals surface area contributed by atoms with Gasteiger partial charge in [0.1, 0.15) is 0 Å². The van der Waals surface area contributed by atoms with Gasteiger partial charge in [0.15, 0.2) is 0 Å². The Morgan fingerprint density at radius 1 is 1.19 bits per heavy atom. The third-order valence-corrected chi connectivity index (χ3v) is 3.77. The molecule has 0 heterocycles. The molecular formula is C15H20O. The second kappa shape index (κ2) is 4.84. The molecule has 0 unspecified atom stereocenters. The number of allylic oxidation sites excluding steroid dienone is 1. The molecule has 2 rings (SSSR count). The summed E-state index contributed by atoms with van der Waals surface area (Å²) < 4.78 is 0. The van der Waals surface area contributed by atoms with E-state index in [1.807, 2.05) is 18.2 Å². The Morgan fingerprint density at radius 3 is 2.38 bits per heavy atom. The Balaban J connectivity index is 2.07. The van der Waals surface area contributed by atoms with E-state index in [1.54, 1.807) is 0 Å². The van der Waals surface area contributed by atoms with Crippen LogP contribution in [0.25, 0.3) is 5.57 Å². The van der Waals surface area contributed by atoms with Crippen LogP contribution >= 0.6 is 0 Å². The summed E-state index contributed by atoms with van der Waals surface area (Å²) in [5.74, 6) is 0. The lowest BCUT2D eigenvalue weighted by Gasteiger charge is -2.27. The van der Waals surface area contributed by atoms with Crippen molar-refractivity contribution in [3.05, 3.63) is 42.5 Å². The molecule has 1 nitrogen and oxygen atoms in total. The van der Waals surface area contributed by atoms with E-state index in [2.05, 4.69) is 18.7 Å². The normalized spacial score (nSPS) is 18.6. The van der Waals surface area contributed by atoms with Crippen molar-refractivity contribution in [1.82, 2.24) is 0 Å². The van der Waals surface area contributed by atoms with E-state index >= 15 is 0 Å². The molecule has 0 aliphatic heterocycles. The van der Waals surface area contributed by atoms with Gasteiger partial charge in [-0.25, -0.2) is 0 Å². The van der Waals surface area contributed by atoms with Crippen molar-refractivity contribution in [2.45, 2.75) is 32.1 Å². The van der Waals surface area contributed by atoms with E-state index < -0.39 is 0 Å². The molecule has 1 aliphatic carbocycles. The molecule has 0 aromatic heterocycles. The first-order chi connectivity index (χ1) is 7.76. The molecule has 1 fully saturated rings. The third-order valence-electron chi connectivity index (χ3n) is 3.77. The molecule has 0 atom stereocenters. The summed E-state index contributed by atoms with van der Waals surface area (Å²) in [6.45, 7) is 4.47. The molecule has 86 valence electrons. The summed E-state index contributed by atoms with van der Waals surface area (Å²) in [5.41, 5.74) is 2.49. The molecule has 16 heavy (non-hydrogen) atoms. The number of benzene rings is 1. The fourth-order valence-electron chi connectivity index (χ4n) is 2.74. The Kier molecular flexibility index (Phi) is 3.45. The van der Waals surface area contributed by atoms with Crippen LogP contribution in [0.5, 0.6) is 0 Å². The number of hydrogen-bond donors (Lipinski definition) is 1. The van der Waals surface area contributed by atoms with E-state index in [-0.39, 0.29) is 5.41 Å². The van der Waals surface area contributed by atoms with Gasteiger partial charge in [0.2, 0.25) is 0 Å². The smallest absolute Gasteiger partial charge is 0.0490 e. The minimum absolute atomic E-state index is 0.118. The van der Waals surface area contributed by atoms with Crippen molar-refractivity contribution in [1.29, 1.82) is 0 Å². The first-order valence-electron chi connectivity index (χ1n) is 6.10. The Bertz CT molecular complexity index is 347. The second-order valence-electron chi connectivity index (χ2n) is 5.01. The van der Waals surface area contributed by atoms with E-state index in [9.17, 15) is 5.11 Å². The molecule has 1 aliphatic rings. The second-order valence-corrected chi connectivity index (χ2v) is 5.01. The summed E-state index contributed by atoms with van der Waals surface area (Å²) in [7, 11) is 0. The van der Waals surface area contributed by atoms with Gasteiger partial charge >= 0.3 is 0 Å². The molecule has 1 N–H and O–H groups in total. The van der Waals surface area contributed by atoms with Gasteiger partial charge in [0.05, 0.1) is 0 Å². The van der Waals surface area contributed by atoms with Gasteiger partial charge in [0.25, 0.3) is 0 Å². The van der Waals surface area contributed by atoms with Gasteiger partial charge < -0.3 is 5.11 Å². The molecular weight excluding hydrogens is 196 g/mol. The number of aliphatic hydroxyl groups excluding tert-OH is 1. The van der Waals surface area contributed by atoms with Crippen LogP contribution in [0.4, 0.5) is 0 Å². The monoisotopic (exact) mass is 216 g/mol. The molecule has 1 aromatic rings. The van der Waals surface area contributed by atoms with Crippen LogP contribution in [0.1, 0.15) is 37.7 Å². The van der Waals surface area contributed by atoms with Gasteiger partial charge in [-0.1, -0.05) is 49.8 Å². The molecule has 1 heteroatoms. The molecule has 0 saturated heterocycles. The van der Waals surface area contributed by atoms with Crippen LogP contribution < -0.4 is 0 Å². The SMILES string of the molecule is C=C(CC1(CO)CCCC1)c1ccccc1. The standard InChI is InChI=1S/C15H20O/c1-13(14-7-3-2-4-8-14)11-15(12-16)9-5-6-10-15/h2-4,7-8,16H,1,5-6,9-12H2. The summed E-state index contributed by atoms with van der Waals surface area (Å²) in [6, 6.07) is 10.3. The average Bonchev–Trinajstić information content (AvgIpc) is 2.79. The lowest BCUT2D eigenvalue weighted by molar-refractivity contribution is 0.135. The molecule has 0 spiro atoms. The molecule has 0 radical (unpaired) electrons. The maximum atomic E-state index is 9.57. The number of rotatable bonds is 4. The maximum absolute atomic E-state index is 9.57. The van der Waals surface area contributed by atoms with Crippen LogP contribution in [-0.4, -0.2) is 11.7 Å². The first-order valence-corrected chi connectivity index (χ1v) is 6.10. The first kappa shape index (κ1) is 11.4. The predicted octanol–water partition coefficient (Wildman–Crippen LogP) is 3.64. The van der Waals surface area contributed by atoms with Crippen LogP contribution in [0, 0.1) is 5.41 Å². The maximum Gasteiger partial charge on any atom is 0.0490 e. The summed E-state index contributed by atoms with van der Waals surface area (Å²) in [4.78, 5) is 0. The Hall–Kier alpha value is -1.08. The average molecular weight is 216 g/mol. The molecule has 1 aromatic carbocycles. The summed E-state index contributed by atoms with van der Waals surface area (Å²) >= 11 is 0. The Morgan fingerprint density at radius 2 is 1.81 bits per heavy atom. The van der Waals surface area contributed by atoms with Crippen LogP contribution in [0.3, 0.4) is 0 Å². The van der Waals surface area contributed by atoms with Crippen molar-refractivity contribution in [2.75, 3.05) is 6.61 Å². The zero-order chi connectivity index (χ0) is 11.4. The molecule has 0 bridgehead atoms. The minimum Gasteiger partial charge on any atom is -0.396 e. The molecule has 1 saturated carbocycles. The highest BCUT2D eigenvalue weighted by atomic mass is 16.3. The van der Waals surface area contributed by atoms with E-state index in [4.69, 9.17) is 0 Å². The van der Waals surface area contributed by atoms with Gasteiger partial charge in [0, 0.05) is 6.61 Å². The molecule has 0 amide bonds. The fraction of sp³-hybridized carbons (Fsp3) is 0.467. The van der Waals surface area contributed by atoms with Gasteiger partial charge in [-0.2, -0.15) is 0 Å². The summed E-state index contributed by atoms with van der Waals surface area (Å²) in [5, 5.41) is 9.57. The largest absolute Gasteiger partial charge is 0.396 e. The van der Waals surface area contributed by atoms with Crippen molar-refractivity contribution < 1.29 is 5.11 Å². The van der Waals surface area contributed by atoms with Crippen LogP contribution in [0.2, 0.25) is 0 Å². The van der Waals surface area contributed by atoms with Gasteiger partial charge in [-0.15, -0.1) is 0 Å². The van der Waals surface area contributed by atoms with Crippen molar-refractivity contribution >= 4 is 5.57 Å². The summed E-state index contributed by atoms with van der Waals surface area (Å²) in [6.07, 6.45) is 5.74. The number of aliphatic hydroxyl groups is 1. The minimum atomic E-state index is 0.118. The topological polar surface area (TPSA) is 20.2 Å². The lowest BCUT2D eigenvalue weighted by Crippen LogP contribution is -2.21. The zero-order valence-corrected chi connectivity index (χ0v) is 9.78. The van der Waals surface area contributed by atoms with Crippen molar-refractivity contribution in [2.24, 2.45) is 5.41 Å². The lowest BCUT2D eigenvalue weighted by atomic mass is 9.79. The van der Waals surface area contributed by atoms with Crippen LogP contribution in [-0.2, 0) is 0 Å². The van der Waals surface area contributed by atoms with E-state index in [1.165, 1.54) is 18.4 Å². The predicted molar refractivity (Wildman–Crippen MR) is 68.1 cm³/mol. The zero-order valence-electron chi connectivity index (χ0n) is 9.78. The Labute approximate surface area is 97.8 Å². The third kappa shape index (κ3) is 2.35. The van der Waals surface area contributed by atoms with Gasteiger partial charge in [-0.3, -0.25) is 0 Å².